The first-order valence-corrected chi connectivity index (χ1v) is 20.9. The Balaban J connectivity index is 1.77. The molecule has 262 valence electrons. The van der Waals surface area contributed by atoms with Gasteiger partial charge in [0.1, 0.15) is 24.3 Å². The largest absolute Gasteiger partial charge is 0.358 e. The van der Waals surface area contributed by atoms with Gasteiger partial charge in [0.2, 0.25) is 11.9 Å². The zero-order valence-electron chi connectivity index (χ0n) is 29.1. The van der Waals surface area contributed by atoms with Gasteiger partial charge in [0, 0.05) is 51.6 Å². The van der Waals surface area contributed by atoms with Crippen LogP contribution in [-0.4, -0.2) is 89.7 Å². The maximum atomic E-state index is 15.6. The highest BCUT2D eigenvalue weighted by molar-refractivity contribution is 8.32. The lowest BCUT2D eigenvalue weighted by Crippen LogP contribution is -2.44. The topological polar surface area (TPSA) is 133 Å². The van der Waals surface area contributed by atoms with Crippen molar-refractivity contribution in [2.24, 2.45) is 5.92 Å². The van der Waals surface area contributed by atoms with E-state index in [0.29, 0.717) is 60.9 Å². The van der Waals surface area contributed by atoms with Crippen LogP contribution in [0.2, 0.25) is 0 Å². The smallest absolute Gasteiger partial charge is 0.270 e. The summed E-state index contributed by atoms with van der Waals surface area (Å²) in [7, 11) is -1.72. The SMILES string of the molecule is CCc1c(-c2ccc(NC(=O)[C@H](CCC[C@H](C)CC)NC(=O)c3ccnn3CCS(C)=O)nc2F)c(C)nn1COCCS(C)(C)C. The summed E-state index contributed by atoms with van der Waals surface area (Å²) in [6.07, 6.45) is 13.5. The van der Waals surface area contributed by atoms with Gasteiger partial charge in [-0.2, -0.15) is 14.6 Å². The van der Waals surface area contributed by atoms with Crippen LogP contribution in [0.5, 0.6) is 0 Å². The first-order chi connectivity index (χ1) is 22.2. The van der Waals surface area contributed by atoms with Gasteiger partial charge in [0.15, 0.2) is 0 Å². The Morgan fingerprint density at radius 3 is 2.51 bits per heavy atom. The molecule has 0 aliphatic heterocycles. The van der Waals surface area contributed by atoms with E-state index in [1.54, 1.807) is 29.1 Å². The highest BCUT2D eigenvalue weighted by Gasteiger charge is 2.25. The Morgan fingerprint density at radius 1 is 1.13 bits per heavy atom. The number of hydrogen-bond acceptors (Lipinski definition) is 7. The van der Waals surface area contributed by atoms with E-state index in [1.165, 1.54) is 10.9 Å². The molecule has 0 fully saturated rings. The number of nitrogens with zero attached hydrogens (tertiary/aromatic N) is 5. The number of anilines is 1. The number of amides is 2. The van der Waals surface area contributed by atoms with Crippen LogP contribution >= 0.6 is 10.0 Å². The van der Waals surface area contributed by atoms with Crippen LogP contribution in [0.1, 0.15) is 68.3 Å². The number of aryl methyl sites for hydroxylation is 2. The molecule has 0 aliphatic carbocycles. The molecule has 0 bridgehead atoms. The quantitative estimate of drug-likeness (QED) is 0.131. The van der Waals surface area contributed by atoms with Crippen molar-refractivity contribution in [1.82, 2.24) is 29.9 Å². The summed E-state index contributed by atoms with van der Waals surface area (Å²) < 4.78 is 36.3. The molecule has 2 N–H and O–H groups in total. The molecule has 3 rings (SSSR count). The number of ether oxygens (including phenoxy) is 1. The van der Waals surface area contributed by atoms with Crippen molar-refractivity contribution < 1.29 is 22.9 Å². The Hall–Kier alpha value is -3.10. The third-order valence-electron chi connectivity index (χ3n) is 8.04. The molecular weight excluding hydrogens is 642 g/mol. The second-order valence-corrected chi connectivity index (χ2v) is 18.9. The van der Waals surface area contributed by atoms with E-state index in [0.717, 1.165) is 24.3 Å². The third-order valence-corrected chi connectivity index (χ3v) is 10.2. The molecule has 11 nitrogen and oxygen atoms in total. The Morgan fingerprint density at radius 2 is 1.87 bits per heavy atom. The van der Waals surface area contributed by atoms with Crippen LogP contribution in [-0.2, 0) is 40.0 Å². The van der Waals surface area contributed by atoms with Crippen LogP contribution in [0, 0.1) is 18.8 Å². The van der Waals surface area contributed by atoms with Gasteiger partial charge in [-0.3, -0.25) is 18.5 Å². The zero-order chi connectivity index (χ0) is 34.7. The molecule has 0 radical (unpaired) electrons. The number of aromatic nitrogens is 5. The molecule has 3 aromatic heterocycles. The fourth-order valence-electron chi connectivity index (χ4n) is 5.10. The lowest BCUT2D eigenvalue weighted by Gasteiger charge is -2.24. The number of carbonyl (C=O) groups excluding carboxylic acids is 2. The number of rotatable bonds is 19. The fourth-order valence-corrected chi connectivity index (χ4v) is 6.15. The minimum Gasteiger partial charge on any atom is -0.358 e. The fraction of sp³-hybridized carbons (Fsp3) is 0.606. The number of hydrogen-bond donors (Lipinski definition) is 2. The molecule has 3 aromatic rings. The summed E-state index contributed by atoms with van der Waals surface area (Å²) in [5.74, 6) is 0.172. The van der Waals surface area contributed by atoms with Crippen LogP contribution in [0.15, 0.2) is 24.4 Å². The maximum absolute atomic E-state index is 15.6. The summed E-state index contributed by atoms with van der Waals surface area (Å²) >= 11 is 0. The van der Waals surface area contributed by atoms with Crippen molar-refractivity contribution in [1.29, 1.82) is 0 Å². The number of nitrogens with one attached hydrogen (secondary N) is 2. The molecule has 2 amide bonds. The molecule has 3 heterocycles. The van der Waals surface area contributed by atoms with E-state index < -0.39 is 44.6 Å². The molecule has 0 aromatic carbocycles. The standard InChI is InChI=1S/C33H52FN7O4S2/c1-9-23(3)12-11-13-26(36-33(43)28-16-17-35-40(28)18-20-46(5)44)32(42)38-29-15-14-25(31(34)37-29)30-24(4)39-41(27(30)10-2)22-45-19-21-47(6,7)8/h14-17,23,26H,9-13,18-22H2,1-8H3,(H,36,43)(H,37,38,42)/t23-,26+,46?/m1/s1. The lowest BCUT2D eigenvalue weighted by molar-refractivity contribution is -0.118. The summed E-state index contributed by atoms with van der Waals surface area (Å²) in [4.78, 5) is 30.8. The van der Waals surface area contributed by atoms with E-state index in [1.807, 2.05) is 13.8 Å². The van der Waals surface area contributed by atoms with Crippen molar-refractivity contribution in [3.63, 3.8) is 0 Å². The van der Waals surface area contributed by atoms with Crippen molar-refractivity contribution >= 4 is 38.5 Å². The van der Waals surface area contributed by atoms with Gasteiger partial charge >= 0.3 is 0 Å². The monoisotopic (exact) mass is 693 g/mol. The maximum Gasteiger partial charge on any atom is 0.270 e. The minimum absolute atomic E-state index is 0.0454. The lowest BCUT2D eigenvalue weighted by atomic mass is 9.99. The summed E-state index contributed by atoms with van der Waals surface area (Å²) in [6, 6.07) is 3.84. The van der Waals surface area contributed by atoms with Gasteiger partial charge in [-0.05, 0) is 62.6 Å². The molecule has 14 heteroatoms. The van der Waals surface area contributed by atoms with E-state index in [4.69, 9.17) is 4.74 Å². The van der Waals surface area contributed by atoms with Crippen LogP contribution < -0.4 is 10.6 Å². The number of halogens is 1. The zero-order valence-corrected chi connectivity index (χ0v) is 30.7. The predicted molar refractivity (Wildman–Crippen MR) is 190 cm³/mol. The van der Waals surface area contributed by atoms with E-state index >= 15 is 4.39 Å². The Bertz CT molecular complexity index is 1520. The van der Waals surface area contributed by atoms with E-state index in [2.05, 4.69) is 58.4 Å². The van der Waals surface area contributed by atoms with Gasteiger partial charge < -0.3 is 15.4 Å². The second-order valence-electron chi connectivity index (χ2n) is 12.8. The van der Waals surface area contributed by atoms with Crippen LogP contribution in [0.4, 0.5) is 10.2 Å². The molecular formula is C33H52FN7O4S2. The van der Waals surface area contributed by atoms with Crippen molar-refractivity contribution in [2.75, 3.05) is 48.5 Å². The van der Waals surface area contributed by atoms with E-state index in [9.17, 15) is 13.8 Å². The van der Waals surface area contributed by atoms with Gasteiger partial charge in [-0.25, -0.2) is 19.7 Å². The minimum atomic E-state index is -1.05. The Labute approximate surface area is 282 Å². The van der Waals surface area contributed by atoms with Crippen LogP contribution in [0.25, 0.3) is 11.1 Å². The first kappa shape index (κ1) is 38.3. The van der Waals surface area contributed by atoms with Gasteiger partial charge in [-0.1, -0.05) is 40.0 Å². The molecule has 0 saturated heterocycles. The molecule has 0 spiro atoms. The number of carbonyl (C=O) groups is 2. The predicted octanol–water partition coefficient (Wildman–Crippen LogP) is 5.15. The molecule has 47 heavy (non-hydrogen) atoms. The normalized spacial score (nSPS) is 14.1. The van der Waals surface area contributed by atoms with Gasteiger partial charge in [0.05, 0.1) is 18.8 Å². The number of pyridine rings is 1. The highest BCUT2D eigenvalue weighted by Crippen LogP contribution is 2.34. The average Bonchev–Trinajstić information content (AvgIpc) is 3.60. The molecule has 1 unspecified atom stereocenters. The summed E-state index contributed by atoms with van der Waals surface area (Å²) in [6.45, 7) is 9.30. The average molecular weight is 694 g/mol. The summed E-state index contributed by atoms with van der Waals surface area (Å²) in [5, 5.41) is 14.3. The second kappa shape index (κ2) is 17.9. The summed E-state index contributed by atoms with van der Waals surface area (Å²) in [5.41, 5.74) is 2.74. The molecule has 0 aliphatic rings. The molecule has 3 atom stereocenters. The van der Waals surface area contributed by atoms with E-state index in [-0.39, 0.29) is 18.2 Å². The Kier molecular flexibility index (Phi) is 14.6. The third kappa shape index (κ3) is 11.5. The van der Waals surface area contributed by atoms with Crippen LogP contribution in [0.3, 0.4) is 0 Å². The molecule has 0 saturated carbocycles. The van der Waals surface area contributed by atoms with Gasteiger partial charge in [0.25, 0.3) is 5.91 Å². The van der Waals surface area contributed by atoms with Gasteiger partial charge in [-0.15, -0.1) is 0 Å². The van der Waals surface area contributed by atoms with Crippen molar-refractivity contribution in [3.05, 3.63) is 47.4 Å². The van der Waals surface area contributed by atoms with Crippen molar-refractivity contribution in [3.8, 4) is 11.1 Å². The first-order valence-electron chi connectivity index (χ1n) is 16.1. The van der Waals surface area contributed by atoms with Crippen molar-refractivity contribution in [2.45, 2.75) is 79.1 Å². The highest BCUT2D eigenvalue weighted by atomic mass is 32.3.